The highest BCUT2D eigenvalue weighted by atomic mass is 16.5. The highest BCUT2D eigenvalue weighted by Crippen LogP contribution is 2.14. The van der Waals surface area contributed by atoms with Crippen LogP contribution in [-0.2, 0) is 17.8 Å². The van der Waals surface area contributed by atoms with Gasteiger partial charge in [0.05, 0.1) is 13.0 Å². The maximum Gasteiger partial charge on any atom is 0.224 e. The van der Waals surface area contributed by atoms with E-state index in [9.17, 15) is 4.79 Å². The molecule has 0 radical (unpaired) electrons. The van der Waals surface area contributed by atoms with Crippen LogP contribution in [0.2, 0.25) is 0 Å². The molecule has 0 aromatic heterocycles. The van der Waals surface area contributed by atoms with Crippen molar-refractivity contribution in [2.24, 2.45) is 5.92 Å². The van der Waals surface area contributed by atoms with Crippen molar-refractivity contribution < 1.29 is 9.53 Å². The van der Waals surface area contributed by atoms with Crippen LogP contribution in [0, 0.1) is 5.92 Å². The third-order valence-corrected chi connectivity index (χ3v) is 3.85. The van der Waals surface area contributed by atoms with Crippen molar-refractivity contribution in [2.45, 2.75) is 33.2 Å². The SMILES string of the molecule is CCC(C)COc1ccc(CNC(=O)Cc2ccccc2)cc1. The van der Waals surface area contributed by atoms with E-state index in [4.69, 9.17) is 4.74 Å². The van der Waals surface area contributed by atoms with E-state index in [1.807, 2.05) is 54.6 Å². The first-order chi connectivity index (χ1) is 11.2. The van der Waals surface area contributed by atoms with Crippen molar-refractivity contribution in [3.05, 3.63) is 65.7 Å². The van der Waals surface area contributed by atoms with Crippen LogP contribution in [0.1, 0.15) is 31.4 Å². The van der Waals surface area contributed by atoms with E-state index in [2.05, 4.69) is 19.2 Å². The smallest absolute Gasteiger partial charge is 0.224 e. The maximum atomic E-state index is 11.9. The van der Waals surface area contributed by atoms with Gasteiger partial charge in [0.1, 0.15) is 5.75 Å². The zero-order valence-electron chi connectivity index (χ0n) is 13.9. The average molecular weight is 311 g/mol. The van der Waals surface area contributed by atoms with Crippen LogP contribution in [-0.4, -0.2) is 12.5 Å². The molecule has 2 aromatic carbocycles. The molecular formula is C20H25NO2. The number of rotatable bonds is 8. The largest absolute Gasteiger partial charge is 0.493 e. The van der Waals surface area contributed by atoms with Crippen molar-refractivity contribution in [3.63, 3.8) is 0 Å². The predicted molar refractivity (Wildman–Crippen MR) is 93.4 cm³/mol. The average Bonchev–Trinajstić information content (AvgIpc) is 2.59. The fourth-order valence-corrected chi connectivity index (χ4v) is 2.10. The number of nitrogens with one attached hydrogen (secondary N) is 1. The Bertz CT molecular complexity index is 593. The summed E-state index contributed by atoms with van der Waals surface area (Å²) in [6, 6.07) is 17.7. The Labute approximate surface area is 138 Å². The van der Waals surface area contributed by atoms with Crippen molar-refractivity contribution in [1.29, 1.82) is 0 Å². The molecule has 0 spiro atoms. The molecule has 0 aliphatic carbocycles. The minimum atomic E-state index is 0.0355. The van der Waals surface area contributed by atoms with Crippen LogP contribution >= 0.6 is 0 Å². The van der Waals surface area contributed by atoms with Gasteiger partial charge in [-0.25, -0.2) is 0 Å². The summed E-state index contributed by atoms with van der Waals surface area (Å²) in [6.07, 6.45) is 1.53. The zero-order chi connectivity index (χ0) is 16.5. The number of ether oxygens (including phenoxy) is 1. The second-order valence-corrected chi connectivity index (χ2v) is 5.91. The Morgan fingerprint density at radius 2 is 1.74 bits per heavy atom. The molecule has 2 aromatic rings. The molecule has 23 heavy (non-hydrogen) atoms. The Morgan fingerprint density at radius 1 is 1.04 bits per heavy atom. The quantitative estimate of drug-likeness (QED) is 0.801. The lowest BCUT2D eigenvalue weighted by atomic mass is 10.1. The molecule has 1 amide bonds. The first kappa shape index (κ1) is 17.1. The molecule has 1 N–H and O–H groups in total. The summed E-state index contributed by atoms with van der Waals surface area (Å²) in [5.41, 5.74) is 2.10. The van der Waals surface area contributed by atoms with E-state index in [1.54, 1.807) is 0 Å². The number of hydrogen-bond acceptors (Lipinski definition) is 2. The molecule has 122 valence electrons. The molecule has 2 rings (SSSR count). The first-order valence-corrected chi connectivity index (χ1v) is 8.19. The molecule has 0 saturated carbocycles. The second-order valence-electron chi connectivity index (χ2n) is 5.91. The minimum Gasteiger partial charge on any atom is -0.493 e. The topological polar surface area (TPSA) is 38.3 Å². The summed E-state index contributed by atoms with van der Waals surface area (Å²) in [6.45, 7) is 5.62. The van der Waals surface area contributed by atoms with Crippen LogP contribution < -0.4 is 10.1 Å². The molecule has 3 nitrogen and oxygen atoms in total. The van der Waals surface area contributed by atoms with Gasteiger partial charge in [-0.15, -0.1) is 0 Å². The van der Waals surface area contributed by atoms with E-state index in [0.29, 0.717) is 18.9 Å². The standard InChI is InChI=1S/C20H25NO2/c1-3-16(2)15-23-19-11-9-18(10-12-19)14-21-20(22)13-17-7-5-4-6-8-17/h4-12,16H,3,13-15H2,1-2H3,(H,21,22). The number of carbonyl (C=O) groups is 1. The third kappa shape index (κ3) is 6.15. The van der Waals surface area contributed by atoms with Crippen LogP contribution in [0.25, 0.3) is 0 Å². The van der Waals surface area contributed by atoms with E-state index >= 15 is 0 Å². The summed E-state index contributed by atoms with van der Waals surface area (Å²) in [5.74, 6) is 1.48. The van der Waals surface area contributed by atoms with Crippen molar-refractivity contribution in [2.75, 3.05) is 6.61 Å². The van der Waals surface area contributed by atoms with E-state index in [0.717, 1.165) is 29.9 Å². The molecule has 3 heteroatoms. The van der Waals surface area contributed by atoms with Crippen molar-refractivity contribution in [1.82, 2.24) is 5.32 Å². The van der Waals surface area contributed by atoms with Crippen molar-refractivity contribution >= 4 is 5.91 Å². The van der Waals surface area contributed by atoms with Crippen LogP contribution in [0.5, 0.6) is 5.75 Å². The summed E-state index contributed by atoms with van der Waals surface area (Å²) >= 11 is 0. The molecule has 0 bridgehead atoms. The minimum absolute atomic E-state index is 0.0355. The van der Waals surface area contributed by atoms with Gasteiger partial charge in [0, 0.05) is 6.54 Å². The lowest BCUT2D eigenvalue weighted by molar-refractivity contribution is -0.120. The Morgan fingerprint density at radius 3 is 2.39 bits per heavy atom. The zero-order valence-corrected chi connectivity index (χ0v) is 13.9. The highest BCUT2D eigenvalue weighted by Gasteiger charge is 2.04. The Hall–Kier alpha value is -2.29. The second kappa shape index (κ2) is 8.99. The van der Waals surface area contributed by atoms with E-state index < -0.39 is 0 Å². The highest BCUT2D eigenvalue weighted by molar-refractivity contribution is 5.78. The normalized spacial score (nSPS) is 11.7. The van der Waals surface area contributed by atoms with E-state index in [-0.39, 0.29) is 5.91 Å². The molecule has 0 heterocycles. The molecule has 0 aliphatic rings. The number of hydrogen-bond donors (Lipinski definition) is 1. The predicted octanol–water partition coefficient (Wildman–Crippen LogP) is 3.97. The monoisotopic (exact) mass is 311 g/mol. The van der Waals surface area contributed by atoms with Crippen molar-refractivity contribution in [3.8, 4) is 5.75 Å². The first-order valence-electron chi connectivity index (χ1n) is 8.19. The lowest BCUT2D eigenvalue weighted by Gasteiger charge is -2.11. The molecule has 0 saturated heterocycles. The van der Waals surface area contributed by atoms with Gasteiger partial charge in [0.15, 0.2) is 0 Å². The number of amides is 1. The molecule has 0 aliphatic heterocycles. The van der Waals surface area contributed by atoms with Crippen LogP contribution in [0.15, 0.2) is 54.6 Å². The maximum absolute atomic E-state index is 11.9. The molecule has 1 atom stereocenters. The summed E-state index contributed by atoms with van der Waals surface area (Å²) in [7, 11) is 0. The Kier molecular flexibility index (Phi) is 6.67. The molecule has 0 fully saturated rings. The summed E-state index contributed by atoms with van der Waals surface area (Å²) < 4.78 is 5.73. The molecule has 1 unspecified atom stereocenters. The van der Waals surface area contributed by atoms with Gasteiger partial charge in [-0.3, -0.25) is 4.79 Å². The van der Waals surface area contributed by atoms with Gasteiger partial charge < -0.3 is 10.1 Å². The summed E-state index contributed by atoms with van der Waals surface area (Å²) in [5, 5.41) is 2.95. The summed E-state index contributed by atoms with van der Waals surface area (Å²) in [4.78, 5) is 11.9. The van der Waals surface area contributed by atoms with Gasteiger partial charge in [-0.2, -0.15) is 0 Å². The van der Waals surface area contributed by atoms with E-state index in [1.165, 1.54) is 0 Å². The number of benzene rings is 2. The lowest BCUT2D eigenvalue weighted by Crippen LogP contribution is -2.24. The third-order valence-electron chi connectivity index (χ3n) is 3.85. The Balaban J connectivity index is 1.76. The fourth-order valence-electron chi connectivity index (χ4n) is 2.10. The van der Waals surface area contributed by atoms with Crippen LogP contribution in [0.3, 0.4) is 0 Å². The fraction of sp³-hybridized carbons (Fsp3) is 0.350. The van der Waals surface area contributed by atoms with Gasteiger partial charge >= 0.3 is 0 Å². The van der Waals surface area contributed by atoms with Crippen LogP contribution in [0.4, 0.5) is 0 Å². The van der Waals surface area contributed by atoms with Gasteiger partial charge in [-0.1, -0.05) is 62.7 Å². The van der Waals surface area contributed by atoms with Gasteiger partial charge in [-0.05, 0) is 29.2 Å². The number of carbonyl (C=O) groups excluding carboxylic acids is 1. The molecular weight excluding hydrogens is 286 g/mol. The van der Waals surface area contributed by atoms with Gasteiger partial charge in [0.25, 0.3) is 0 Å². The van der Waals surface area contributed by atoms with Gasteiger partial charge in [0.2, 0.25) is 5.91 Å².